The largest absolute Gasteiger partial charge is 0.497 e. The van der Waals surface area contributed by atoms with E-state index in [1.165, 1.54) is 0 Å². The van der Waals surface area contributed by atoms with Crippen LogP contribution >= 0.6 is 15.9 Å². The zero-order valence-corrected chi connectivity index (χ0v) is 30.9. The number of allylic oxidation sites excluding steroid dienone is 1. The molecule has 4 heterocycles. The molecular weight excluding hydrogens is 718 g/mol. The average molecular weight is 765 g/mol. The lowest BCUT2D eigenvalue weighted by atomic mass is 9.74. The second-order valence-corrected chi connectivity index (χ2v) is 14.6. The molecular formula is C39H46BrN3O8. The number of likely N-dealkylation sites (tertiary alicyclic amines) is 1. The summed E-state index contributed by atoms with van der Waals surface area (Å²) in [6, 6.07) is 14.8. The summed E-state index contributed by atoms with van der Waals surface area (Å²) in [6.07, 6.45) is 7.37. The smallest absolute Gasteiger partial charge is 0.313 e. The molecule has 51 heavy (non-hydrogen) atoms. The molecule has 2 fully saturated rings. The second-order valence-electron chi connectivity index (χ2n) is 13.7. The fourth-order valence-electron chi connectivity index (χ4n) is 7.89. The predicted molar refractivity (Wildman–Crippen MR) is 194 cm³/mol. The minimum atomic E-state index is -1.42. The quantitative estimate of drug-likeness (QED) is 0.217. The van der Waals surface area contributed by atoms with E-state index in [2.05, 4.69) is 15.9 Å². The van der Waals surface area contributed by atoms with Crippen LogP contribution < -0.4 is 9.64 Å². The molecule has 0 aliphatic carbocycles. The number of anilines is 1. The molecule has 3 amide bonds. The highest BCUT2D eigenvalue weighted by molar-refractivity contribution is 9.11. The molecule has 0 saturated carbocycles. The third-order valence-electron chi connectivity index (χ3n) is 10.7. The zero-order valence-electron chi connectivity index (χ0n) is 29.3. The summed E-state index contributed by atoms with van der Waals surface area (Å²) < 4.78 is 19.0. The van der Waals surface area contributed by atoms with Crippen molar-refractivity contribution in [3.05, 3.63) is 82.9 Å². The van der Waals surface area contributed by atoms with Crippen molar-refractivity contribution in [2.24, 2.45) is 11.8 Å². The Morgan fingerprint density at radius 2 is 1.67 bits per heavy atom. The maximum atomic E-state index is 15.1. The molecule has 2 aromatic rings. The van der Waals surface area contributed by atoms with E-state index in [0.717, 1.165) is 18.4 Å². The Morgan fingerprint density at radius 3 is 2.37 bits per heavy atom. The summed E-state index contributed by atoms with van der Waals surface area (Å²) in [6.45, 7) is 2.39. The van der Waals surface area contributed by atoms with E-state index in [1.807, 2.05) is 49.4 Å². The van der Waals surface area contributed by atoms with Gasteiger partial charge in [0, 0.05) is 43.3 Å². The number of carbonyl (C=O) groups excluding carboxylic acids is 4. The standard InChI is InChI=1S/C39H46BrN3O8/c1-25-33(26-14-8-6-9-15-26)50-38(48)31-32-36(46)43(22-11-4-5-13-23-44)35(39(32)24-29(40)34(31)51-39)37(47)42(27-17-19-28(49-3)20-18-27)21-12-7-10-16-30(45)41(25)2/h6-9,12,14-15,17-20,24-25,31-35,44H,4-5,10-11,13,16,21-23H2,1-3H3/b12-7-/t25-,31+,32-,33+,34+,35+,39-/m1/s1. The molecule has 272 valence electrons. The van der Waals surface area contributed by atoms with E-state index >= 15 is 4.79 Å². The molecule has 4 aliphatic rings. The number of unbranched alkanes of at least 4 members (excludes halogenated alkanes) is 3. The van der Waals surface area contributed by atoms with Gasteiger partial charge in [0.2, 0.25) is 11.8 Å². The van der Waals surface area contributed by atoms with Gasteiger partial charge in [-0.2, -0.15) is 0 Å². The fraction of sp³-hybridized carbons (Fsp3) is 0.487. The number of esters is 1. The minimum Gasteiger partial charge on any atom is -0.497 e. The number of benzene rings is 2. The normalized spacial score (nSPS) is 30.4. The number of cyclic esters (lactones) is 1. The first-order valence-corrected chi connectivity index (χ1v) is 18.5. The highest BCUT2D eigenvalue weighted by Crippen LogP contribution is 2.59. The average Bonchev–Trinajstić information content (AvgIpc) is 3.74. The van der Waals surface area contributed by atoms with Crippen LogP contribution in [0.25, 0.3) is 0 Å². The Bertz CT molecular complexity index is 1670. The van der Waals surface area contributed by atoms with Gasteiger partial charge >= 0.3 is 5.97 Å². The number of fused-ring (bicyclic) bond motifs is 2. The van der Waals surface area contributed by atoms with Crippen molar-refractivity contribution in [2.45, 2.75) is 75.3 Å². The monoisotopic (exact) mass is 763 g/mol. The first-order chi connectivity index (χ1) is 24.6. The number of nitrogens with zero attached hydrogens (tertiary/aromatic N) is 3. The molecule has 0 aromatic heterocycles. The van der Waals surface area contributed by atoms with Crippen LogP contribution in [0.2, 0.25) is 0 Å². The zero-order chi connectivity index (χ0) is 36.3. The molecule has 2 saturated heterocycles. The lowest BCUT2D eigenvalue weighted by molar-refractivity contribution is -0.164. The Balaban J connectivity index is 1.45. The van der Waals surface area contributed by atoms with Gasteiger partial charge < -0.3 is 34.0 Å². The lowest BCUT2D eigenvalue weighted by Gasteiger charge is -2.36. The van der Waals surface area contributed by atoms with E-state index in [0.29, 0.717) is 35.2 Å². The molecule has 0 unspecified atom stereocenters. The second kappa shape index (κ2) is 15.7. The molecule has 0 radical (unpaired) electrons. The van der Waals surface area contributed by atoms with E-state index in [4.69, 9.17) is 14.2 Å². The molecule has 6 rings (SSSR count). The molecule has 12 heteroatoms. The first-order valence-electron chi connectivity index (χ1n) is 17.7. The van der Waals surface area contributed by atoms with Crippen LogP contribution in [0.1, 0.15) is 57.1 Å². The van der Waals surface area contributed by atoms with Crippen LogP contribution in [0.5, 0.6) is 5.75 Å². The maximum absolute atomic E-state index is 15.1. The first kappa shape index (κ1) is 36.8. The molecule has 1 spiro atoms. The molecule has 11 nitrogen and oxygen atoms in total. The SMILES string of the molecule is COc1ccc(N2C/C=C\CCC(=O)N(C)[C@H](C)[C@@H](c3ccccc3)OC(=O)[C@@H]3[C@H]4O[C@@]5(C=C4Br)[C@H](C2=O)N(CCCCCCO)C(=O)[C@@H]35)cc1. The molecule has 1 N–H and O–H groups in total. The number of carbonyl (C=O) groups is 4. The summed E-state index contributed by atoms with van der Waals surface area (Å²) in [5.41, 5.74) is -0.106. The summed E-state index contributed by atoms with van der Waals surface area (Å²) in [4.78, 5) is 62.5. The number of aliphatic hydroxyl groups is 1. The summed E-state index contributed by atoms with van der Waals surface area (Å²) in [5.74, 6) is -2.83. The van der Waals surface area contributed by atoms with Gasteiger partial charge in [0.1, 0.15) is 35.5 Å². The number of aliphatic hydroxyl groups excluding tert-OH is 1. The summed E-state index contributed by atoms with van der Waals surface area (Å²) in [5, 5.41) is 9.31. The predicted octanol–water partition coefficient (Wildman–Crippen LogP) is 4.94. The molecule has 4 aliphatic heterocycles. The van der Waals surface area contributed by atoms with Crippen molar-refractivity contribution < 1.29 is 38.5 Å². The van der Waals surface area contributed by atoms with Crippen molar-refractivity contribution in [1.82, 2.24) is 9.80 Å². The van der Waals surface area contributed by atoms with E-state index in [1.54, 1.807) is 59.2 Å². The Morgan fingerprint density at radius 1 is 0.941 bits per heavy atom. The number of likely N-dealkylation sites (N-methyl/N-ethyl adjacent to an activating group) is 1. The Labute approximate surface area is 307 Å². The number of hydrogen-bond acceptors (Lipinski definition) is 8. The summed E-state index contributed by atoms with van der Waals surface area (Å²) in [7, 11) is 3.28. The molecule has 5 bridgehead atoms. The number of methoxy groups -OCH3 is 1. The van der Waals surface area contributed by atoms with Gasteiger partial charge in [0.25, 0.3) is 5.91 Å². The number of halogens is 1. The van der Waals surface area contributed by atoms with Crippen LogP contribution in [-0.4, -0.2) is 96.2 Å². The van der Waals surface area contributed by atoms with E-state index in [9.17, 15) is 19.5 Å². The molecule has 2 aromatic carbocycles. The lowest BCUT2D eigenvalue weighted by Crippen LogP contribution is -2.56. The van der Waals surface area contributed by atoms with Gasteiger partial charge in [0.15, 0.2) is 0 Å². The van der Waals surface area contributed by atoms with Gasteiger partial charge in [-0.25, -0.2) is 0 Å². The van der Waals surface area contributed by atoms with Gasteiger partial charge in [-0.15, -0.1) is 0 Å². The van der Waals surface area contributed by atoms with Crippen LogP contribution in [0.4, 0.5) is 5.69 Å². The highest BCUT2D eigenvalue weighted by atomic mass is 79.9. The van der Waals surface area contributed by atoms with Gasteiger partial charge in [0.05, 0.1) is 19.1 Å². The fourth-order valence-corrected chi connectivity index (χ4v) is 8.62. The van der Waals surface area contributed by atoms with Gasteiger partial charge in [-0.3, -0.25) is 19.2 Å². The molecule has 7 atom stereocenters. The Kier molecular flexibility index (Phi) is 11.3. The van der Waals surface area contributed by atoms with Crippen molar-refractivity contribution in [3.63, 3.8) is 0 Å². The topological polar surface area (TPSA) is 126 Å². The highest BCUT2D eigenvalue weighted by Gasteiger charge is 2.75. The van der Waals surface area contributed by atoms with Gasteiger partial charge in [-0.1, -0.05) is 71.3 Å². The van der Waals surface area contributed by atoms with Crippen molar-refractivity contribution in [3.8, 4) is 5.75 Å². The van der Waals surface area contributed by atoms with E-state index in [-0.39, 0.29) is 43.8 Å². The van der Waals surface area contributed by atoms with Crippen molar-refractivity contribution in [2.75, 3.05) is 38.8 Å². The van der Waals surface area contributed by atoms with Crippen LogP contribution in [0.3, 0.4) is 0 Å². The Hall–Kier alpha value is -4.00. The third kappa shape index (κ3) is 6.97. The van der Waals surface area contributed by atoms with Crippen molar-refractivity contribution >= 4 is 45.3 Å². The van der Waals surface area contributed by atoms with Crippen molar-refractivity contribution in [1.29, 1.82) is 0 Å². The minimum absolute atomic E-state index is 0.0870. The van der Waals surface area contributed by atoms with Crippen LogP contribution in [0, 0.1) is 11.8 Å². The van der Waals surface area contributed by atoms with Crippen LogP contribution in [0.15, 0.2) is 77.3 Å². The number of amides is 3. The third-order valence-corrected chi connectivity index (χ3v) is 11.4. The maximum Gasteiger partial charge on any atom is 0.313 e. The number of rotatable bonds is 9. The summed E-state index contributed by atoms with van der Waals surface area (Å²) >= 11 is 3.64. The number of hydrogen-bond donors (Lipinski definition) is 1. The van der Waals surface area contributed by atoms with Gasteiger partial charge in [-0.05, 0) is 62.1 Å². The van der Waals surface area contributed by atoms with Crippen LogP contribution in [-0.2, 0) is 28.7 Å². The van der Waals surface area contributed by atoms with E-state index < -0.39 is 47.7 Å². The number of ether oxygens (including phenoxy) is 3.